The summed E-state index contributed by atoms with van der Waals surface area (Å²) in [5.74, 6) is -0.520. The van der Waals surface area contributed by atoms with Crippen molar-refractivity contribution in [3.8, 4) is 0 Å². The largest absolute Gasteiger partial charge is 0.476 e. The Morgan fingerprint density at radius 2 is 2.30 bits per heavy atom. The predicted molar refractivity (Wildman–Crippen MR) is 72.4 cm³/mol. The lowest BCUT2D eigenvalue weighted by molar-refractivity contribution is 0.0685. The van der Waals surface area contributed by atoms with Crippen LogP contribution in [-0.2, 0) is 13.0 Å². The molecule has 1 aromatic heterocycles. The number of fused-ring (bicyclic) bond motifs is 1. The van der Waals surface area contributed by atoms with Crippen molar-refractivity contribution in [2.45, 2.75) is 31.8 Å². The highest BCUT2D eigenvalue weighted by Crippen LogP contribution is 2.29. The van der Waals surface area contributed by atoms with Crippen LogP contribution >= 0.6 is 0 Å². The van der Waals surface area contributed by atoms with Crippen LogP contribution in [-0.4, -0.2) is 16.2 Å². The third-order valence-electron chi connectivity index (χ3n) is 3.67. The van der Waals surface area contributed by atoms with Crippen LogP contribution in [0.3, 0.4) is 0 Å². The highest BCUT2D eigenvalue weighted by atomic mass is 16.5. The molecule has 1 aromatic carbocycles. The van der Waals surface area contributed by atoms with E-state index in [4.69, 9.17) is 9.63 Å². The third-order valence-corrected chi connectivity index (χ3v) is 3.67. The average molecular weight is 272 g/mol. The molecule has 1 atom stereocenters. The number of aryl methyl sites for hydroxylation is 1. The number of carboxylic acid groups (broad SMARTS) is 1. The fourth-order valence-corrected chi connectivity index (χ4v) is 2.69. The van der Waals surface area contributed by atoms with Crippen molar-refractivity contribution in [2.24, 2.45) is 0 Å². The standard InChI is InChI=1S/C15H16N2O3/c18-15(19)14-8-11(20-17-14)9-16-13-7-3-5-10-4-1-2-6-12(10)13/h1-2,4,6,8,13,16H,3,5,7,9H2,(H,18,19). The molecule has 1 heterocycles. The van der Waals surface area contributed by atoms with Gasteiger partial charge in [-0.05, 0) is 30.4 Å². The van der Waals surface area contributed by atoms with E-state index in [0.29, 0.717) is 18.3 Å². The zero-order chi connectivity index (χ0) is 13.9. The molecule has 1 unspecified atom stereocenters. The fourth-order valence-electron chi connectivity index (χ4n) is 2.69. The molecule has 3 rings (SSSR count). The number of rotatable bonds is 4. The van der Waals surface area contributed by atoms with E-state index in [1.54, 1.807) is 0 Å². The third kappa shape index (κ3) is 2.58. The summed E-state index contributed by atoms with van der Waals surface area (Å²) in [5, 5.41) is 15.7. The lowest BCUT2D eigenvalue weighted by Crippen LogP contribution is -2.24. The molecule has 0 bridgehead atoms. The van der Waals surface area contributed by atoms with Gasteiger partial charge in [0.05, 0.1) is 6.54 Å². The van der Waals surface area contributed by atoms with E-state index in [-0.39, 0.29) is 5.69 Å². The summed E-state index contributed by atoms with van der Waals surface area (Å²) >= 11 is 0. The second-order valence-electron chi connectivity index (χ2n) is 5.01. The van der Waals surface area contributed by atoms with Crippen molar-refractivity contribution in [2.75, 3.05) is 0 Å². The van der Waals surface area contributed by atoms with Gasteiger partial charge >= 0.3 is 5.97 Å². The van der Waals surface area contributed by atoms with E-state index < -0.39 is 5.97 Å². The van der Waals surface area contributed by atoms with Gasteiger partial charge in [-0.2, -0.15) is 0 Å². The van der Waals surface area contributed by atoms with Crippen LogP contribution < -0.4 is 5.32 Å². The number of benzene rings is 1. The Morgan fingerprint density at radius 3 is 3.10 bits per heavy atom. The quantitative estimate of drug-likeness (QED) is 0.894. The molecule has 1 aliphatic carbocycles. The van der Waals surface area contributed by atoms with Crippen molar-refractivity contribution in [1.82, 2.24) is 10.5 Å². The molecule has 0 amide bonds. The van der Waals surface area contributed by atoms with Gasteiger partial charge in [-0.1, -0.05) is 29.4 Å². The maximum absolute atomic E-state index is 10.7. The Bertz CT molecular complexity index is 621. The molecular weight excluding hydrogens is 256 g/mol. The van der Waals surface area contributed by atoms with Gasteiger partial charge in [-0.15, -0.1) is 0 Å². The maximum Gasteiger partial charge on any atom is 0.358 e. The molecule has 0 saturated heterocycles. The van der Waals surface area contributed by atoms with Gasteiger partial charge < -0.3 is 14.9 Å². The number of aromatic nitrogens is 1. The number of nitrogens with zero attached hydrogens (tertiary/aromatic N) is 1. The first-order valence-corrected chi connectivity index (χ1v) is 6.74. The van der Waals surface area contributed by atoms with Crippen LogP contribution in [0.5, 0.6) is 0 Å². The second kappa shape index (κ2) is 5.46. The normalized spacial score (nSPS) is 17.7. The van der Waals surface area contributed by atoms with Gasteiger partial charge in [0.25, 0.3) is 0 Å². The van der Waals surface area contributed by atoms with E-state index in [1.165, 1.54) is 17.2 Å². The first-order valence-electron chi connectivity index (χ1n) is 6.74. The van der Waals surface area contributed by atoms with Gasteiger partial charge in [0.15, 0.2) is 11.5 Å². The molecule has 104 valence electrons. The molecule has 0 aliphatic heterocycles. The molecule has 5 heteroatoms. The monoisotopic (exact) mass is 272 g/mol. The molecule has 1 aliphatic rings. The molecule has 2 aromatic rings. The Kier molecular flexibility index (Phi) is 3.52. The van der Waals surface area contributed by atoms with Crippen LogP contribution in [0.1, 0.15) is 46.3 Å². The minimum absolute atomic E-state index is 0.0501. The van der Waals surface area contributed by atoms with Crippen molar-refractivity contribution < 1.29 is 14.4 Å². The Hall–Kier alpha value is -2.14. The summed E-state index contributed by atoms with van der Waals surface area (Å²) in [6.07, 6.45) is 3.36. The minimum atomic E-state index is -1.07. The first kappa shape index (κ1) is 12.9. The van der Waals surface area contributed by atoms with Crippen LogP contribution in [0.2, 0.25) is 0 Å². The molecule has 2 N–H and O–H groups in total. The summed E-state index contributed by atoms with van der Waals surface area (Å²) in [6, 6.07) is 10.2. The number of carbonyl (C=O) groups is 1. The van der Waals surface area contributed by atoms with Crippen molar-refractivity contribution in [3.05, 3.63) is 52.9 Å². The summed E-state index contributed by atoms with van der Waals surface area (Å²) in [6.45, 7) is 0.485. The zero-order valence-electron chi connectivity index (χ0n) is 11.0. The lowest BCUT2D eigenvalue weighted by atomic mass is 9.88. The van der Waals surface area contributed by atoms with E-state index in [1.807, 2.05) is 0 Å². The molecule has 0 radical (unpaired) electrons. The van der Waals surface area contributed by atoms with Gasteiger partial charge in [-0.25, -0.2) is 4.79 Å². The summed E-state index contributed by atoms with van der Waals surface area (Å²) < 4.78 is 5.01. The van der Waals surface area contributed by atoms with E-state index in [9.17, 15) is 4.79 Å². The molecule has 20 heavy (non-hydrogen) atoms. The summed E-state index contributed by atoms with van der Waals surface area (Å²) in [4.78, 5) is 10.7. The topological polar surface area (TPSA) is 75.4 Å². The van der Waals surface area contributed by atoms with Crippen LogP contribution in [0, 0.1) is 0 Å². The highest BCUT2D eigenvalue weighted by Gasteiger charge is 2.20. The summed E-state index contributed by atoms with van der Waals surface area (Å²) in [7, 11) is 0. The van der Waals surface area contributed by atoms with Gasteiger partial charge in [0, 0.05) is 12.1 Å². The second-order valence-corrected chi connectivity index (χ2v) is 5.01. The van der Waals surface area contributed by atoms with E-state index in [2.05, 4.69) is 34.7 Å². The maximum atomic E-state index is 10.7. The Labute approximate surface area is 116 Å². The number of carboxylic acids is 1. The van der Waals surface area contributed by atoms with Gasteiger partial charge in [0.2, 0.25) is 0 Å². The smallest absolute Gasteiger partial charge is 0.358 e. The van der Waals surface area contributed by atoms with Crippen LogP contribution in [0.15, 0.2) is 34.9 Å². The van der Waals surface area contributed by atoms with Crippen LogP contribution in [0.25, 0.3) is 0 Å². The molecular formula is C15H16N2O3. The summed E-state index contributed by atoms with van der Waals surface area (Å²) in [5.41, 5.74) is 2.67. The van der Waals surface area contributed by atoms with Crippen LogP contribution in [0.4, 0.5) is 0 Å². The highest BCUT2D eigenvalue weighted by molar-refractivity contribution is 5.85. The molecule has 0 fully saturated rings. The van der Waals surface area contributed by atoms with E-state index in [0.717, 1.165) is 19.3 Å². The SMILES string of the molecule is O=C(O)c1cc(CNC2CCCc3ccccc32)on1. The average Bonchev–Trinajstić information content (AvgIpc) is 2.94. The Balaban J connectivity index is 1.68. The molecule has 0 saturated carbocycles. The van der Waals surface area contributed by atoms with Crippen molar-refractivity contribution in [3.63, 3.8) is 0 Å². The zero-order valence-corrected chi connectivity index (χ0v) is 11.0. The number of hydrogen-bond donors (Lipinski definition) is 2. The van der Waals surface area contributed by atoms with Crippen molar-refractivity contribution in [1.29, 1.82) is 0 Å². The number of nitrogens with one attached hydrogen (secondary N) is 1. The predicted octanol–water partition coefficient (Wildman–Crippen LogP) is 2.54. The van der Waals surface area contributed by atoms with Crippen molar-refractivity contribution >= 4 is 5.97 Å². The first-order chi connectivity index (χ1) is 9.74. The molecule has 5 nitrogen and oxygen atoms in total. The number of hydrogen-bond acceptors (Lipinski definition) is 4. The fraction of sp³-hybridized carbons (Fsp3) is 0.333. The Morgan fingerprint density at radius 1 is 1.45 bits per heavy atom. The van der Waals surface area contributed by atoms with Gasteiger partial charge in [0.1, 0.15) is 0 Å². The van der Waals surface area contributed by atoms with E-state index >= 15 is 0 Å². The number of aromatic carboxylic acids is 1. The minimum Gasteiger partial charge on any atom is -0.476 e. The molecule has 0 spiro atoms. The lowest BCUT2D eigenvalue weighted by Gasteiger charge is -2.26. The van der Waals surface area contributed by atoms with Gasteiger partial charge in [-0.3, -0.25) is 0 Å².